The number of ether oxygens (including phenoxy) is 1. The molecule has 0 amide bonds. The Hall–Kier alpha value is -1.13. The molecule has 0 aliphatic rings. The number of hydrogen-bond acceptors (Lipinski definition) is 3. The maximum Gasteiger partial charge on any atom is 0.130 e. The molecule has 0 heterocycles. The summed E-state index contributed by atoms with van der Waals surface area (Å²) in [4.78, 5) is 1.98. The van der Waals surface area contributed by atoms with E-state index in [9.17, 15) is 4.39 Å². The molecule has 0 spiro atoms. The second kappa shape index (κ2) is 6.71. The second-order valence-corrected chi connectivity index (χ2v) is 4.80. The normalized spacial score (nSPS) is 12.8. The van der Waals surface area contributed by atoms with Crippen LogP contribution in [-0.2, 0) is 4.74 Å². The number of anilines is 1. The van der Waals surface area contributed by atoms with Gasteiger partial charge in [0.25, 0.3) is 0 Å². The van der Waals surface area contributed by atoms with E-state index in [4.69, 9.17) is 10.5 Å². The monoisotopic (exact) mass is 254 g/mol. The van der Waals surface area contributed by atoms with E-state index in [-0.39, 0.29) is 18.0 Å². The standard InChI is InChI=1S/C14H23FN2O/c1-10(2)18-9-8-17(4)13-7-5-6-12(15)14(13)11(3)16/h5-7,10-11H,8-9,16H2,1-4H3/t11-/m0/s1. The van der Waals surface area contributed by atoms with Crippen molar-refractivity contribution < 1.29 is 9.13 Å². The van der Waals surface area contributed by atoms with Crippen LogP contribution in [0.1, 0.15) is 32.4 Å². The van der Waals surface area contributed by atoms with Gasteiger partial charge < -0.3 is 15.4 Å². The van der Waals surface area contributed by atoms with Crippen LogP contribution in [0, 0.1) is 5.82 Å². The van der Waals surface area contributed by atoms with Crippen molar-refractivity contribution in [3.63, 3.8) is 0 Å². The molecule has 0 saturated heterocycles. The van der Waals surface area contributed by atoms with Crippen LogP contribution in [0.2, 0.25) is 0 Å². The van der Waals surface area contributed by atoms with Gasteiger partial charge in [-0.15, -0.1) is 0 Å². The lowest BCUT2D eigenvalue weighted by Gasteiger charge is -2.24. The van der Waals surface area contributed by atoms with Gasteiger partial charge in [-0.25, -0.2) is 4.39 Å². The first-order valence-corrected chi connectivity index (χ1v) is 6.30. The highest BCUT2D eigenvalue weighted by atomic mass is 19.1. The molecule has 0 aliphatic carbocycles. The molecule has 4 heteroatoms. The lowest BCUT2D eigenvalue weighted by atomic mass is 10.1. The highest BCUT2D eigenvalue weighted by molar-refractivity contribution is 5.54. The lowest BCUT2D eigenvalue weighted by molar-refractivity contribution is 0.0846. The first-order chi connectivity index (χ1) is 8.43. The van der Waals surface area contributed by atoms with Crippen LogP contribution in [0.3, 0.4) is 0 Å². The van der Waals surface area contributed by atoms with Gasteiger partial charge in [-0.05, 0) is 32.9 Å². The zero-order chi connectivity index (χ0) is 13.7. The van der Waals surface area contributed by atoms with Crippen molar-refractivity contribution in [2.45, 2.75) is 32.9 Å². The van der Waals surface area contributed by atoms with Crippen molar-refractivity contribution in [1.82, 2.24) is 0 Å². The third-order valence-electron chi connectivity index (χ3n) is 2.77. The molecule has 0 radical (unpaired) electrons. The fourth-order valence-corrected chi connectivity index (χ4v) is 1.86. The van der Waals surface area contributed by atoms with Gasteiger partial charge in [0, 0.05) is 30.9 Å². The minimum atomic E-state index is -0.324. The van der Waals surface area contributed by atoms with Crippen LogP contribution in [0.25, 0.3) is 0 Å². The summed E-state index contributed by atoms with van der Waals surface area (Å²) in [6.45, 7) is 7.11. The molecule has 1 rings (SSSR count). The van der Waals surface area contributed by atoms with Gasteiger partial charge in [0.1, 0.15) is 5.82 Å². The van der Waals surface area contributed by atoms with Crippen molar-refractivity contribution in [3.05, 3.63) is 29.6 Å². The zero-order valence-electron chi connectivity index (χ0n) is 11.6. The van der Waals surface area contributed by atoms with Crippen molar-refractivity contribution in [2.24, 2.45) is 5.73 Å². The van der Waals surface area contributed by atoms with Gasteiger partial charge in [-0.1, -0.05) is 6.07 Å². The Morgan fingerprint density at radius 3 is 2.56 bits per heavy atom. The van der Waals surface area contributed by atoms with E-state index < -0.39 is 0 Å². The molecule has 2 N–H and O–H groups in total. The van der Waals surface area contributed by atoms with Gasteiger partial charge in [0.05, 0.1) is 12.7 Å². The van der Waals surface area contributed by atoms with E-state index in [0.29, 0.717) is 18.7 Å². The third-order valence-corrected chi connectivity index (χ3v) is 2.77. The molecule has 0 saturated carbocycles. The van der Waals surface area contributed by atoms with E-state index in [1.807, 2.05) is 31.9 Å². The lowest BCUT2D eigenvalue weighted by Crippen LogP contribution is -2.26. The van der Waals surface area contributed by atoms with Crippen molar-refractivity contribution >= 4 is 5.69 Å². The van der Waals surface area contributed by atoms with E-state index in [1.54, 1.807) is 13.0 Å². The maximum absolute atomic E-state index is 13.8. The average Bonchev–Trinajstić information content (AvgIpc) is 2.27. The summed E-state index contributed by atoms with van der Waals surface area (Å²) in [5.74, 6) is -0.251. The number of nitrogens with zero attached hydrogens (tertiary/aromatic N) is 1. The molecular formula is C14H23FN2O. The van der Waals surface area contributed by atoms with Crippen LogP contribution < -0.4 is 10.6 Å². The summed E-state index contributed by atoms with van der Waals surface area (Å²) in [6, 6.07) is 4.71. The number of benzene rings is 1. The SMILES string of the molecule is CC(C)OCCN(C)c1cccc(F)c1[C@H](C)N. The van der Waals surface area contributed by atoms with E-state index in [2.05, 4.69) is 0 Å². The van der Waals surface area contributed by atoms with Gasteiger partial charge in [0.2, 0.25) is 0 Å². The predicted molar refractivity (Wildman–Crippen MR) is 73.4 cm³/mol. The smallest absolute Gasteiger partial charge is 0.130 e. The summed E-state index contributed by atoms with van der Waals surface area (Å²) in [5.41, 5.74) is 7.22. The van der Waals surface area contributed by atoms with Gasteiger partial charge in [0.15, 0.2) is 0 Å². The number of hydrogen-bond donors (Lipinski definition) is 1. The van der Waals surface area contributed by atoms with Crippen molar-refractivity contribution in [3.8, 4) is 0 Å². The molecule has 0 bridgehead atoms. The molecular weight excluding hydrogens is 231 g/mol. The predicted octanol–water partition coefficient (Wildman–Crippen LogP) is 2.71. The van der Waals surface area contributed by atoms with Crippen LogP contribution >= 0.6 is 0 Å². The summed E-state index contributed by atoms with van der Waals surface area (Å²) < 4.78 is 19.3. The largest absolute Gasteiger partial charge is 0.377 e. The summed E-state index contributed by atoms with van der Waals surface area (Å²) in [7, 11) is 1.92. The second-order valence-electron chi connectivity index (χ2n) is 4.80. The number of likely N-dealkylation sites (N-methyl/N-ethyl adjacent to an activating group) is 1. The van der Waals surface area contributed by atoms with Crippen LogP contribution in [0.15, 0.2) is 18.2 Å². The van der Waals surface area contributed by atoms with Gasteiger partial charge in [-0.3, -0.25) is 0 Å². The quantitative estimate of drug-likeness (QED) is 0.848. The zero-order valence-corrected chi connectivity index (χ0v) is 11.6. The molecule has 0 fully saturated rings. The first kappa shape index (κ1) is 14.9. The first-order valence-electron chi connectivity index (χ1n) is 6.30. The summed E-state index contributed by atoms with van der Waals surface area (Å²) >= 11 is 0. The number of halogens is 1. The fraction of sp³-hybridized carbons (Fsp3) is 0.571. The summed E-state index contributed by atoms with van der Waals surface area (Å²) in [6.07, 6.45) is 0.207. The number of nitrogens with two attached hydrogens (primary N) is 1. The molecule has 1 atom stereocenters. The van der Waals surface area contributed by atoms with Crippen LogP contribution in [0.5, 0.6) is 0 Å². The fourth-order valence-electron chi connectivity index (χ4n) is 1.86. The van der Waals surface area contributed by atoms with E-state index >= 15 is 0 Å². The molecule has 0 aliphatic heterocycles. The van der Waals surface area contributed by atoms with E-state index in [0.717, 1.165) is 5.69 Å². The molecule has 0 unspecified atom stereocenters. The maximum atomic E-state index is 13.8. The van der Waals surface area contributed by atoms with Crippen molar-refractivity contribution in [1.29, 1.82) is 0 Å². The molecule has 18 heavy (non-hydrogen) atoms. The molecule has 1 aromatic rings. The van der Waals surface area contributed by atoms with E-state index in [1.165, 1.54) is 6.07 Å². The third kappa shape index (κ3) is 3.96. The Kier molecular flexibility index (Phi) is 5.56. The Labute approximate surface area is 109 Å². The number of rotatable bonds is 6. The Morgan fingerprint density at radius 2 is 2.00 bits per heavy atom. The molecule has 0 aromatic heterocycles. The van der Waals surface area contributed by atoms with Crippen molar-refractivity contribution in [2.75, 3.05) is 25.1 Å². The summed E-state index contributed by atoms with van der Waals surface area (Å²) in [5, 5.41) is 0. The Morgan fingerprint density at radius 1 is 1.33 bits per heavy atom. The highest BCUT2D eigenvalue weighted by Crippen LogP contribution is 2.26. The van der Waals surface area contributed by atoms with Gasteiger partial charge >= 0.3 is 0 Å². The molecule has 1 aromatic carbocycles. The van der Waals surface area contributed by atoms with Crippen LogP contribution in [-0.4, -0.2) is 26.3 Å². The molecule has 3 nitrogen and oxygen atoms in total. The Balaban J connectivity index is 2.78. The Bertz CT molecular complexity index is 380. The minimum absolute atomic E-state index is 0.207. The average molecular weight is 254 g/mol. The topological polar surface area (TPSA) is 38.5 Å². The minimum Gasteiger partial charge on any atom is -0.377 e. The van der Waals surface area contributed by atoms with Crippen LogP contribution in [0.4, 0.5) is 10.1 Å². The van der Waals surface area contributed by atoms with Gasteiger partial charge in [-0.2, -0.15) is 0 Å². The highest BCUT2D eigenvalue weighted by Gasteiger charge is 2.15. The molecule has 102 valence electrons.